The van der Waals surface area contributed by atoms with Gasteiger partial charge in [-0.1, -0.05) is 19.0 Å². The zero-order chi connectivity index (χ0) is 18.2. The summed E-state index contributed by atoms with van der Waals surface area (Å²) in [7, 11) is 0. The molecular weight excluding hydrogens is 443 g/mol. The van der Waals surface area contributed by atoms with Gasteiger partial charge in [0, 0.05) is 24.1 Å². The zero-order valence-corrected chi connectivity index (χ0v) is 18.7. The fourth-order valence-electron chi connectivity index (χ4n) is 2.83. The summed E-state index contributed by atoms with van der Waals surface area (Å²) < 4.78 is 11.0. The molecule has 2 heterocycles. The molecule has 0 spiro atoms. The topological polar surface area (TPSA) is 75.6 Å². The van der Waals surface area contributed by atoms with Gasteiger partial charge in [-0.05, 0) is 39.7 Å². The first-order valence-electron chi connectivity index (χ1n) is 9.10. The second kappa shape index (κ2) is 11.3. The Bertz CT molecular complexity index is 690. The molecule has 0 saturated carbocycles. The lowest BCUT2D eigenvalue weighted by Gasteiger charge is -2.09. The van der Waals surface area contributed by atoms with Gasteiger partial charge >= 0.3 is 0 Å². The van der Waals surface area contributed by atoms with Gasteiger partial charge in [0.1, 0.15) is 11.5 Å². The summed E-state index contributed by atoms with van der Waals surface area (Å²) >= 11 is 0. The summed E-state index contributed by atoms with van der Waals surface area (Å²) in [5, 5.41) is 10.7. The maximum Gasteiger partial charge on any atom is 0.191 e. The van der Waals surface area contributed by atoms with Crippen LogP contribution in [0.3, 0.4) is 0 Å². The quantitative estimate of drug-likeness (QED) is 0.331. The van der Waals surface area contributed by atoms with Crippen molar-refractivity contribution in [3.8, 4) is 0 Å². The molecule has 146 valence electrons. The zero-order valence-electron chi connectivity index (χ0n) is 16.4. The van der Waals surface area contributed by atoms with Crippen molar-refractivity contribution in [3.05, 3.63) is 40.7 Å². The number of aryl methyl sites for hydroxylation is 2. The van der Waals surface area contributed by atoms with Crippen LogP contribution in [-0.4, -0.2) is 17.7 Å². The third-order valence-electron chi connectivity index (χ3n) is 4.31. The van der Waals surface area contributed by atoms with Crippen molar-refractivity contribution in [1.82, 2.24) is 15.8 Å². The number of hydrogen-bond acceptors (Lipinski definition) is 4. The van der Waals surface area contributed by atoms with E-state index in [1.165, 1.54) is 0 Å². The highest BCUT2D eigenvalue weighted by atomic mass is 127. The number of aromatic nitrogens is 1. The van der Waals surface area contributed by atoms with Gasteiger partial charge in [-0.2, -0.15) is 0 Å². The second-order valence-electron chi connectivity index (χ2n) is 6.22. The summed E-state index contributed by atoms with van der Waals surface area (Å²) in [4.78, 5) is 4.62. The van der Waals surface area contributed by atoms with E-state index in [2.05, 4.69) is 34.6 Å². The van der Waals surface area contributed by atoms with Gasteiger partial charge in [-0.15, -0.1) is 24.0 Å². The van der Waals surface area contributed by atoms with Gasteiger partial charge in [0.15, 0.2) is 11.7 Å². The highest BCUT2D eigenvalue weighted by Gasteiger charge is 2.13. The fourth-order valence-corrected chi connectivity index (χ4v) is 2.83. The number of furan rings is 1. The Morgan fingerprint density at radius 2 is 1.88 bits per heavy atom. The third kappa shape index (κ3) is 6.34. The average molecular weight is 474 g/mol. The Morgan fingerprint density at radius 1 is 1.15 bits per heavy atom. The van der Waals surface area contributed by atoms with Gasteiger partial charge in [0.2, 0.25) is 0 Å². The largest absolute Gasteiger partial charge is 0.466 e. The van der Waals surface area contributed by atoms with E-state index in [4.69, 9.17) is 8.94 Å². The molecule has 0 atom stereocenters. The monoisotopic (exact) mass is 474 g/mol. The molecule has 0 aliphatic carbocycles. The molecule has 26 heavy (non-hydrogen) atoms. The van der Waals surface area contributed by atoms with Crippen LogP contribution in [-0.2, 0) is 13.1 Å². The molecule has 0 fully saturated rings. The molecule has 2 N–H and O–H groups in total. The molecule has 2 aromatic heterocycles. The second-order valence-corrected chi connectivity index (χ2v) is 6.22. The van der Waals surface area contributed by atoms with Crippen LogP contribution >= 0.6 is 24.0 Å². The van der Waals surface area contributed by atoms with Gasteiger partial charge in [-0.3, -0.25) is 0 Å². The minimum Gasteiger partial charge on any atom is -0.466 e. The number of nitrogens with one attached hydrogen (secondary N) is 2. The van der Waals surface area contributed by atoms with E-state index >= 15 is 0 Å². The first-order chi connectivity index (χ1) is 12.1. The van der Waals surface area contributed by atoms with Crippen molar-refractivity contribution >= 4 is 29.9 Å². The molecule has 0 aliphatic rings. The summed E-state index contributed by atoms with van der Waals surface area (Å²) in [5.41, 5.74) is 2.14. The fraction of sp³-hybridized carbons (Fsp3) is 0.579. The van der Waals surface area contributed by atoms with Crippen LogP contribution in [0, 0.1) is 13.8 Å². The molecular formula is C19H31IN4O2. The number of nitrogens with zero attached hydrogens (tertiary/aromatic N) is 2. The van der Waals surface area contributed by atoms with E-state index in [-0.39, 0.29) is 24.0 Å². The standard InChI is InChI=1S/C19H30N4O2.HI/c1-6-15(7-2)18-10-17(25-23-18)12-22-19(20-8-3)21-11-16-9-13(4)24-14(16)5;/h9-10,15H,6-8,11-12H2,1-5H3,(H2,20,21,22);1H. The highest BCUT2D eigenvalue weighted by Crippen LogP contribution is 2.22. The maximum atomic E-state index is 5.55. The van der Waals surface area contributed by atoms with E-state index in [9.17, 15) is 0 Å². The molecule has 0 aromatic carbocycles. The molecule has 2 rings (SSSR count). The summed E-state index contributed by atoms with van der Waals surface area (Å²) in [6, 6.07) is 4.07. The molecule has 0 radical (unpaired) electrons. The minimum absolute atomic E-state index is 0. The highest BCUT2D eigenvalue weighted by molar-refractivity contribution is 14.0. The van der Waals surface area contributed by atoms with E-state index in [0.29, 0.717) is 19.0 Å². The molecule has 7 heteroatoms. The van der Waals surface area contributed by atoms with Crippen LogP contribution in [0.25, 0.3) is 0 Å². The van der Waals surface area contributed by atoms with Gasteiger partial charge in [0.25, 0.3) is 0 Å². The lowest BCUT2D eigenvalue weighted by molar-refractivity contribution is 0.368. The predicted molar refractivity (Wildman–Crippen MR) is 115 cm³/mol. The molecule has 2 aromatic rings. The number of aliphatic imine (C=N–C) groups is 1. The normalized spacial score (nSPS) is 11.5. The smallest absolute Gasteiger partial charge is 0.191 e. The predicted octanol–water partition coefficient (Wildman–Crippen LogP) is 4.66. The lowest BCUT2D eigenvalue weighted by Crippen LogP contribution is -2.36. The van der Waals surface area contributed by atoms with Crippen LogP contribution in [0.4, 0.5) is 0 Å². The van der Waals surface area contributed by atoms with E-state index in [1.807, 2.05) is 32.9 Å². The summed E-state index contributed by atoms with van der Waals surface area (Å²) in [6.45, 7) is 12.2. The van der Waals surface area contributed by atoms with Crippen LogP contribution in [0.2, 0.25) is 0 Å². The maximum absolute atomic E-state index is 5.55. The Labute approximate surface area is 173 Å². The summed E-state index contributed by atoms with van der Waals surface area (Å²) in [6.07, 6.45) is 2.15. The number of halogens is 1. The first-order valence-corrected chi connectivity index (χ1v) is 9.10. The van der Waals surface area contributed by atoms with E-state index < -0.39 is 0 Å². The Hall–Kier alpha value is -1.51. The van der Waals surface area contributed by atoms with Crippen molar-refractivity contribution in [3.63, 3.8) is 0 Å². The Kier molecular flexibility index (Phi) is 9.75. The van der Waals surface area contributed by atoms with Crippen molar-refractivity contribution in [2.24, 2.45) is 4.99 Å². The van der Waals surface area contributed by atoms with E-state index in [1.54, 1.807) is 0 Å². The number of guanidine groups is 1. The van der Waals surface area contributed by atoms with Gasteiger partial charge < -0.3 is 19.6 Å². The number of rotatable bonds is 8. The van der Waals surface area contributed by atoms with Crippen molar-refractivity contribution in [2.45, 2.75) is 66.5 Å². The molecule has 0 amide bonds. The molecule has 0 unspecified atom stereocenters. The average Bonchev–Trinajstić information content (AvgIpc) is 3.18. The van der Waals surface area contributed by atoms with Crippen molar-refractivity contribution in [1.29, 1.82) is 0 Å². The first kappa shape index (κ1) is 22.5. The number of hydrogen-bond donors (Lipinski definition) is 2. The molecule has 0 saturated heterocycles. The summed E-state index contributed by atoms with van der Waals surface area (Å²) in [5.74, 6) is 3.87. The van der Waals surface area contributed by atoms with Crippen molar-refractivity contribution < 1.29 is 8.94 Å². The Morgan fingerprint density at radius 3 is 2.46 bits per heavy atom. The molecule has 0 aliphatic heterocycles. The Balaban J connectivity index is 0.00000338. The van der Waals surface area contributed by atoms with Crippen LogP contribution in [0.1, 0.15) is 68.1 Å². The van der Waals surface area contributed by atoms with Crippen molar-refractivity contribution in [2.75, 3.05) is 6.54 Å². The van der Waals surface area contributed by atoms with Gasteiger partial charge in [0.05, 0.1) is 18.8 Å². The van der Waals surface area contributed by atoms with Gasteiger partial charge in [-0.25, -0.2) is 4.99 Å². The molecule has 6 nitrogen and oxygen atoms in total. The molecule has 0 bridgehead atoms. The third-order valence-corrected chi connectivity index (χ3v) is 4.31. The van der Waals surface area contributed by atoms with E-state index in [0.717, 1.165) is 53.9 Å². The SMILES string of the molecule is CCNC(=NCc1cc(C)oc1C)NCc1cc(C(CC)CC)no1.I. The van der Waals surface area contributed by atoms with Crippen LogP contribution < -0.4 is 10.6 Å². The van der Waals surface area contributed by atoms with Crippen LogP contribution in [0.15, 0.2) is 26.1 Å². The lowest BCUT2D eigenvalue weighted by atomic mass is 9.99. The minimum atomic E-state index is 0. The van der Waals surface area contributed by atoms with Crippen LogP contribution in [0.5, 0.6) is 0 Å².